The van der Waals surface area contributed by atoms with Crippen LogP contribution in [0.4, 0.5) is 11.4 Å². The average Bonchev–Trinajstić information content (AvgIpc) is 4.15. The smallest absolute Gasteiger partial charge is 0.202 e. The number of aryl methyl sites for hydroxylation is 2. The molecule has 2 aliphatic heterocycles. The van der Waals surface area contributed by atoms with Crippen LogP contribution < -0.4 is 15.3 Å². The quantitative estimate of drug-likeness (QED) is 0.127. The Morgan fingerprint density at radius 3 is 1.64 bits per heavy atom. The highest BCUT2D eigenvalue weighted by Gasteiger charge is 2.32. The van der Waals surface area contributed by atoms with Gasteiger partial charge in [0.2, 0.25) is 11.3 Å². The summed E-state index contributed by atoms with van der Waals surface area (Å²) in [5, 5.41) is 34.0. The van der Waals surface area contributed by atoms with Crippen LogP contribution in [0.25, 0.3) is 55.9 Å². The number of hydrogen-bond acceptors (Lipinski definition) is 10. The van der Waals surface area contributed by atoms with Gasteiger partial charge >= 0.3 is 0 Å². The van der Waals surface area contributed by atoms with Gasteiger partial charge in [0.1, 0.15) is 17.1 Å². The maximum atomic E-state index is 5.29. The highest BCUT2D eigenvalue weighted by Crippen LogP contribution is 2.37. The molecule has 336 valence electrons. The lowest BCUT2D eigenvalue weighted by Crippen LogP contribution is -2.56. The van der Waals surface area contributed by atoms with Gasteiger partial charge in [-0.05, 0) is 107 Å². The maximum absolute atomic E-state index is 5.29. The number of benzene rings is 4. The Kier molecular flexibility index (Phi) is 10.5. The van der Waals surface area contributed by atoms with E-state index in [1.807, 2.05) is 22.9 Å². The SMILES string of the molecule is Cc1nnc2c(N3CCC(N(NC4CCN(C)CC4)c4cc(-c5cc6ccccc6n5Cc5ccccc5)nn5c(C)nnc45)CC3)cc(-c3cc4ccccc4n3Cc3ccccc3)nn12. The number of rotatable bonds is 11. The number of hydrogen-bond donors (Lipinski definition) is 1. The monoisotopic (exact) mass is 886 g/mol. The molecule has 14 nitrogen and oxygen atoms in total. The summed E-state index contributed by atoms with van der Waals surface area (Å²) in [6, 6.07) is 48.1. The molecule has 0 radical (unpaired) electrons. The number of aromatic nitrogens is 10. The van der Waals surface area contributed by atoms with Crippen LogP contribution in [0.5, 0.6) is 0 Å². The van der Waals surface area contributed by atoms with Crippen molar-refractivity contribution < 1.29 is 0 Å². The van der Waals surface area contributed by atoms with E-state index >= 15 is 0 Å². The molecular weight excluding hydrogens is 833 g/mol. The predicted octanol–water partition coefficient (Wildman–Crippen LogP) is 8.59. The summed E-state index contributed by atoms with van der Waals surface area (Å²) < 4.78 is 8.65. The number of hydrazine groups is 1. The average molecular weight is 887 g/mol. The molecule has 0 atom stereocenters. The first-order chi connectivity index (χ1) is 32.9. The lowest BCUT2D eigenvalue weighted by Gasteiger charge is -2.43. The Balaban J connectivity index is 0.919. The summed E-state index contributed by atoms with van der Waals surface area (Å²) in [5.41, 5.74) is 16.4. The fraction of sp³-hybridized carbons (Fsp3) is 0.283. The fourth-order valence-corrected chi connectivity index (χ4v) is 10.4. The summed E-state index contributed by atoms with van der Waals surface area (Å²) in [7, 11) is 2.22. The molecule has 0 aliphatic carbocycles. The zero-order chi connectivity index (χ0) is 45.0. The second kappa shape index (κ2) is 17.1. The van der Waals surface area contributed by atoms with Gasteiger partial charge in [0, 0.05) is 60.1 Å². The first-order valence-electron chi connectivity index (χ1n) is 23.6. The summed E-state index contributed by atoms with van der Waals surface area (Å²) >= 11 is 0. The van der Waals surface area contributed by atoms with Crippen LogP contribution in [0.1, 0.15) is 48.5 Å². The molecule has 2 fully saturated rings. The van der Waals surface area contributed by atoms with Crippen molar-refractivity contribution in [3.63, 3.8) is 0 Å². The highest BCUT2D eigenvalue weighted by molar-refractivity contribution is 5.89. The molecular formula is C53H54N14. The van der Waals surface area contributed by atoms with Crippen LogP contribution in [-0.2, 0) is 13.1 Å². The van der Waals surface area contributed by atoms with Crippen molar-refractivity contribution in [3.8, 4) is 22.8 Å². The maximum Gasteiger partial charge on any atom is 0.202 e. The van der Waals surface area contributed by atoms with Crippen molar-refractivity contribution in [2.24, 2.45) is 0 Å². The van der Waals surface area contributed by atoms with Gasteiger partial charge in [-0.3, -0.25) is 0 Å². The second-order valence-electron chi connectivity index (χ2n) is 18.4. The highest BCUT2D eigenvalue weighted by atomic mass is 15.6. The standard InChI is InChI=1S/C53H54N14/c1-36-54-56-52-50(32-44(59-65(36)52)48-30-40-18-10-12-20-46(40)63(48)34-38-14-6-4-7-15-38)62-28-24-43(25-29-62)67(58-42-22-26-61(3)27-23-42)51-33-45(60-66-37(2)55-57-53(51)66)49-31-41-19-11-13-21-47(41)64(49)35-39-16-8-5-9-17-39/h4-21,30-33,42-43,58H,22-29,34-35H2,1-3H3. The van der Waals surface area contributed by atoms with E-state index in [0.29, 0.717) is 6.04 Å². The Morgan fingerprint density at radius 2 is 1.06 bits per heavy atom. The van der Waals surface area contributed by atoms with E-state index in [1.54, 1.807) is 0 Å². The molecule has 14 heteroatoms. The molecule has 10 aromatic rings. The van der Waals surface area contributed by atoms with Gasteiger partial charge in [0.05, 0.1) is 17.1 Å². The van der Waals surface area contributed by atoms with Crippen LogP contribution in [0.15, 0.2) is 133 Å². The molecule has 4 aromatic carbocycles. The lowest BCUT2D eigenvalue weighted by molar-refractivity contribution is 0.226. The van der Waals surface area contributed by atoms with E-state index in [1.165, 1.54) is 32.9 Å². The van der Waals surface area contributed by atoms with Crippen LogP contribution >= 0.6 is 0 Å². The van der Waals surface area contributed by atoms with Gasteiger partial charge in [-0.15, -0.1) is 20.4 Å². The minimum absolute atomic E-state index is 0.160. The molecule has 6 aromatic heterocycles. The summed E-state index contributed by atoms with van der Waals surface area (Å²) in [6.45, 7) is 9.16. The minimum Gasteiger partial charge on any atom is -0.368 e. The van der Waals surface area contributed by atoms with Crippen LogP contribution in [0, 0.1) is 13.8 Å². The molecule has 0 spiro atoms. The Morgan fingerprint density at radius 1 is 0.552 bits per heavy atom. The third kappa shape index (κ3) is 7.65. The Hall–Kier alpha value is -7.42. The predicted molar refractivity (Wildman–Crippen MR) is 265 cm³/mol. The minimum atomic E-state index is 0.160. The van der Waals surface area contributed by atoms with Crippen LogP contribution in [0.3, 0.4) is 0 Å². The molecule has 1 N–H and O–H groups in total. The Labute approximate surface area is 389 Å². The van der Waals surface area contributed by atoms with Gasteiger partial charge in [-0.1, -0.05) is 97.1 Å². The van der Waals surface area contributed by atoms with E-state index in [2.05, 4.69) is 180 Å². The van der Waals surface area contributed by atoms with Crippen molar-refractivity contribution in [1.29, 1.82) is 0 Å². The zero-order valence-electron chi connectivity index (χ0n) is 38.2. The second-order valence-corrected chi connectivity index (χ2v) is 18.4. The van der Waals surface area contributed by atoms with Gasteiger partial charge < -0.3 is 23.9 Å². The molecule has 2 aliphatic rings. The van der Waals surface area contributed by atoms with Gasteiger partial charge in [0.15, 0.2) is 11.6 Å². The van der Waals surface area contributed by atoms with Crippen molar-refractivity contribution in [3.05, 3.63) is 156 Å². The number of nitrogens with zero attached hydrogens (tertiary/aromatic N) is 13. The molecule has 67 heavy (non-hydrogen) atoms. The third-order valence-corrected chi connectivity index (χ3v) is 14.0. The Bertz CT molecular complexity index is 3370. The van der Waals surface area contributed by atoms with Crippen molar-refractivity contribution in [2.45, 2.75) is 64.7 Å². The van der Waals surface area contributed by atoms with Gasteiger partial charge in [-0.25, -0.2) is 5.43 Å². The molecule has 0 amide bonds. The van der Waals surface area contributed by atoms with E-state index < -0.39 is 0 Å². The van der Waals surface area contributed by atoms with E-state index in [-0.39, 0.29) is 6.04 Å². The van der Waals surface area contributed by atoms with Crippen molar-refractivity contribution in [2.75, 3.05) is 43.1 Å². The third-order valence-electron chi connectivity index (χ3n) is 14.0. The largest absolute Gasteiger partial charge is 0.368 e. The number of fused-ring (bicyclic) bond motifs is 4. The molecule has 0 saturated carbocycles. The molecule has 8 heterocycles. The number of para-hydroxylation sites is 2. The number of nitrogens with one attached hydrogen (secondary N) is 1. The normalized spacial score (nSPS) is 15.5. The van der Waals surface area contributed by atoms with Crippen LogP contribution in [-0.4, -0.2) is 99.0 Å². The lowest BCUT2D eigenvalue weighted by atomic mass is 10.0. The van der Waals surface area contributed by atoms with Crippen molar-refractivity contribution in [1.82, 2.24) is 59.1 Å². The molecule has 0 unspecified atom stereocenters. The van der Waals surface area contributed by atoms with Crippen LogP contribution in [0.2, 0.25) is 0 Å². The molecule has 12 rings (SSSR count). The fourth-order valence-electron chi connectivity index (χ4n) is 10.4. The topological polar surface area (TPSA) is 118 Å². The van der Waals surface area contributed by atoms with Gasteiger partial charge in [-0.2, -0.15) is 19.2 Å². The molecule has 0 bridgehead atoms. The number of anilines is 2. The first kappa shape index (κ1) is 41.0. The van der Waals surface area contributed by atoms with E-state index in [4.69, 9.17) is 20.4 Å². The van der Waals surface area contributed by atoms with Crippen molar-refractivity contribution >= 4 is 44.5 Å². The number of likely N-dealkylation sites (tertiary alicyclic amines) is 1. The van der Waals surface area contributed by atoms with E-state index in [0.717, 1.165) is 122 Å². The van der Waals surface area contributed by atoms with Gasteiger partial charge in [0.25, 0.3) is 0 Å². The first-order valence-corrected chi connectivity index (χ1v) is 23.6. The zero-order valence-corrected chi connectivity index (χ0v) is 38.2. The summed E-state index contributed by atoms with van der Waals surface area (Å²) in [5.74, 6) is 1.51. The van der Waals surface area contributed by atoms with E-state index in [9.17, 15) is 0 Å². The summed E-state index contributed by atoms with van der Waals surface area (Å²) in [4.78, 5) is 4.91. The summed E-state index contributed by atoms with van der Waals surface area (Å²) in [6.07, 6.45) is 3.91. The molecule has 2 saturated heterocycles. The number of piperidine rings is 2.